The summed E-state index contributed by atoms with van der Waals surface area (Å²) in [4.78, 5) is 10.9. The second kappa shape index (κ2) is 4.91. The average molecular weight is 237 g/mol. The summed E-state index contributed by atoms with van der Waals surface area (Å²) in [7, 11) is -2.49. The first-order valence-corrected chi connectivity index (χ1v) is 6.29. The Hall–Kier alpha value is -0.660. The van der Waals surface area contributed by atoms with Crippen LogP contribution in [0, 0.1) is 0 Å². The van der Waals surface area contributed by atoms with Crippen molar-refractivity contribution in [2.45, 2.75) is 18.9 Å². The summed E-state index contributed by atoms with van der Waals surface area (Å²) in [5.41, 5.74) is 0. The monoisotopic (exact) mass is 237 g/mol. The van der Waals surface area contributed by atoms with Gasteiger partial charge < -0.3 is 9.84 Å². The first kappa shape index (κ1) is 12.4. The number of hydrogen-bond acceptors (Lipinski definition) is 5. The standard InChI is InChI=1S/C8H15NO5S/c1-14-8(11)6-15(12,13)9-4-2-3-7(9)5-10/h7,10H,2-6H2,1H3. The highest BCUT2D eigenvalue weighted by molar-refractivity contribution is 7.89. The van der Waals surface area contributed by atoms with Gasteiger partial charge in [0, 0.05) is 12.6 Å². The van der Waals surface area contributed by atoms with E-state index in [1.807, 2.05) is 0 Å². The predicted octanol–water partition coefficient (Wildman–Crippen LogP) is -1.05. The van der Waals surface area contributed by atoms with Crippen molar-refractivity contribution < 1.29 is 23.1 Å². The van der Waals surface area contributed by atoms with Crippen LogP contribution in [-0.2, 0) is 19.6 Å². The number of aliphatic hydroxyl groups is 1. The first-order chi connectivity index (χ1) is 7.01. The van der Waals surface area contributed by atoms with Gasteiger partial charge in [0.25, 0.3) is 0 Å². The van der Waals surface area contributed by atoms with Gasteiger partial charge in [-0.2, -0.15) is 4.31 Å². The van der Waals surface area contributed by atoms with E-state index in [4.69, 9.17) is 5.11 Å². The molecule has 1 aliphatic rings. The Morgan fingerprint density at radius 3 is 2.80 bits per heavy atom. The fourth-order valence-corrected chi connectivity index (χ4v) is 3.26. The minimum Gasteiger partial charge on any atom is -0.468 e. The van der Waals surface area contributed by atoms with Crippen molar-refractivity contribution in [1.82, 2.24) is 4.31 Å². The molecule has 6 nitrogen and oxygen atoms in total. The molecule has 15 heavy (non-hydrogen) atoms. The van der Waals surface area contributed by atoms with Gasteiger partial charge in [0.1, 0.15) is 0 Å². The van der Waals surface area contributed by atoms with E-state index in [-0.39, 0.29) is 12.6 Å². The number of sulfonamides is 1. The van der Waals surface area contributed by atoms with Crippen LogP contribution in [0.1, 0.15) is 12.8 Å². The number of carbonyl (C=O) groups is 1. The molecule has 1 fully saturated rings. The number of hydrogen-bond donors (Lipinski definition) is 1. The lowest BCUT2D eigenvalue weighted by molar-refractivity contribution is -0.137. The van der Waals surface area contributed by atoms with Crippen molar-refractivity contribution in [3.8, 4) is 0 Å². The van der Waals surface area contributed by atoms with Crippen molar-refractivity contribution in [2.75, 3.05) is 26.0 Å². The van der Waals surface area contributed by atoms with Gasteiger partial charge in [0.2, 0.25) is 10.0 Å². The molecule has 1 heterocycles. The molecule has 1 saturated heterocycles. The lowest BCUT2D eigenvalue weighted by atomic mass is 10.2. The van der Waals surface area contributed by atoms with E-state index in [9.17, 15) is 13.2 Å². The van der Waals surface area contributed by atoms with Gasteiger partial charge in [-0.25, -0.2) is 8.42 Å². The highest BCUT2D eigenvalue weighted by Crippen LogP contribution is 2.20. The molecule has 0 amide bonds. The minimum absolute atomic E-state index is 0.208. The zero-order chi connectivity index (χ0) is 11.5. The Morgan fingerprint density at radius 1 is 1.60 bits per heavy atom. The van der Waals surface area contributed by atoms with E-state index < -0.39 is 21.7 Å². The van der Waals surface area contributed by atoms with Crippen LogP contribution >= 0.6 is 0 Å². The largest absolute Gasteiger partial charge is 0.468 e. The maximum Gasteiger partial charge on any atom is 0.322 e. The van der Waals surface area contributed by atoms with Crippen molar-refractivity contribution in [3.05, 3.63) is 0 Å². The number of carbonyl (C=O) groups excluding carboxylic acids is 1. The quantitative estimate of drug-likeness (QED) is 0.630. The van der Waals surface area contributed by atoms with E-state index in [1.54, 1.807) is 0 Å². The number of rotatable bonds is 4. The van der Waals surface area contributed by atoms with Gasteiger partial charge in [0.05, 0.1) is 13.7 Å². The molecule has 0 radical (unpaired) electrons. The molecule has 88 valence electrons. The average Bonchev–Trinajstić information content (AvgIpc) is 2.65. The highest BCUT2D eigenvalue weighted by atomic mass is 32.2. The van der Waals surface area contributed by atoms with E-state index in [2.05, 4.69) is 4.74 Å². The molecule has 0 spiro atoms. The summed E-state index contributed by atoms with van der Waals surface area (Å²) >= 11 is 0. The highest BCUT2D eigenvalue weighted by Gasteiger charge is 2.35. The fourth-order valence-electron chi connectivity index (χ4n) is 1.65. The lowest BCUT2D eigenvalue weighted by Gasteiger charge is -2.21. The molecule has 1 unspecified atom stereocenters. The molecule has 1 rings (SSSR count). The van der Waals surface area contributed by atoms with Crippen molar-refractivity contribution in [3.63, 3.8) is 0 Å². The normalized spacial score (nSPS) is 22.9. The number of nitrogens with zero attached hydrogens (tertiary/aromatic N) is 1. The number of methoxy groups -OCH3 is 1. The van der Waals surface area contributed by atoms with Gasteiger partial charge >= 0.3 is 5.97 Å². The van der Waals surface area contributed by atoms with Crippen LogP contribution < -0.4 is 0 Å². The topological polar surface area (TPSA) is 83.9 Å². The van der Waals surface area contributed by atoms with Gasteiger partial charge in [-0.1, -0.05) is 0 Å². The number of esters is 1. The van der Waals surface area contributed by atoms with E-state index in [0.717, 1.165) is 7.11 Å². The summed E-state index contributed by atoms with van der Waals surface area (Å²) in [5, 5.41) is 8.97. The summed E-state index contributed by atoms with van der Waals surface area (Å²) in [6, 6.07) is -0.389. The maximum absolute atomic E-state index is 11.7. The third-order valence-electron chi connectivity index (χ3n) is 2.42. The molecular formula is C8H15NO5S. The third-order valence-corrected chi connectivity index (χ3v) is 4.21. The molecule has 0 saturated carbocycles. The molecule has 7 heteroatoms. The SMILES string of the molecule is COC(=O)CS(=O)(=O)N1CCCC1CO. The van der Waals surface area contributed by atoms with Gasteiger partial charge in [-0.3, -0.25) is 4.79 Å². The Kier molecular flexibility index (Phi) is 4.06. The van der Waals surface area contributed by atoms with Crippen LogP contribution in [-0.4, -0.2) is 55.9 Å². The number of aliphatic hydroxyl groups excluding tert-OH is 1. The van der Waals surface area contributed by atoms with E-state index in [0.29, 0.717) is 19.4 Å². The molecule has 0 bridgehead atoms. The van der Waals surface area contributed by atoms with Gasteiger partial charge in [-0.15, -0.1) is 0 Å². The second-order valence-electron chi connectivity index (χ2n) is 3.42. The molecule has 1 aliphatic heterocycles. The lowest BCUT2D eigenvalue weighted by Crippen LogP contribution is -2.40. The molecule has 1 atom stereocenters. The van der Waals surface area contributed by atoms with Crippen molar-refractivity contribution in [2.24, 2.45) is 0 Å². The maximum atomic E-state index is 11.7. The zero-order valence-corrected chi connectivity index (χ0v) is 9.37. The van der Waals surface area contributed by atoms with Crippen LogP contribution in [0.2, 0.25) is 0 Å². The smallest absolute Gasteiger partial charge is 0.322 e. The van der Waals surface area contributed by atoms with Gasteiger partial charge in [0.15, 0.2) is 5.75 Å². The summed E-state index contributed by atoms with van der Waals surface area (Å²) < 4.78 is 28.9. The van der Waals surface area contributed by atoms with Crippen LogP contribution in [0.25, 0.3) is 0 Å². The first-order valence-electron chi connectivity index (χ1n) is 4.68. The number of ether oxygens (including phenoxy) is 1. The fraction of sp³-hybridized carbons (Fsp3) is 0.875. The Morgan fingerprint density at radius 2 is 2.27 bits per heavy atom. The third kappa shape index (κ3) is 2.90. The summed E-state index contributed by atoms with van der Waals surface area (Å²) in [6.45, 7) is 0.158. The Balaban J connectivity index is 2.72. The molecular weight excluding hydrogens is 222 g/mol. The molecule has 1 N–H and O–H groups in total. The van der Waals surface area contributed by atoms with Crippen LogP contribution in [0.3, 0.4) is 0 Å². The molecule has 0 aliphatic carbocycles. The predicted molar refractivity (Wildman–Crippen MR) is 52.6 cm³/mol. The Labute approximate surface area is 88.9 Å². The summed E-state index contributed by atoms with van der Waals surface area (Å²) in [6.07, 6.45) is 1.35. The van der Waals surface area contributed by atoms with Crippen LogP contribution in [0.5, 0.6) is 0 Å². The van der Waals surface area contributed by atoms with Crippen LogP contribution in [0.4, 0.5) is 0 Å². The van der Waals surface area contributed by atoms with Crippen molar-refractivity contribution >= 4 is 16.0 Å². The summed E-state index contributed by atoms with van der Waals surface area (Å²) in [5.74, 6) is -1.43. The Bertz CT molecular complexity index is 326. The zero-order valence-electron chi connectivity index (χ0n) is 8.55. The van der Waals surface area contributed by atoms with Crippen LogP contribution in [0.15, 0.2) is 0 Å². The van der Waals surface area contributed by atoms with E-state index in [1.165, 1.54) is 4.31 Å². The molecule has 0 aromatic carbocycles. The molecule has 0 aromatic rings. The second-order valence-corrected chi connectivity index (χ2v) is 5.34. The van der Waals surface area contributed by atoms with Crippen molar-refractivity contribution in [1.29, 1.82) is 0 Å². The van der Waals surface area contributed by atoms with Gasteiger partial charge in [-0.05, 0) is 12.8 Å². The van der Waals surface area contributed by atoms with E-state index >= 15 is 0 Å². The molecule has 0 aromatic heterocycles. The minimum atomic E-state index is -3.63.